The Hall–Kier alpha value is -0.800. The molecule has 1 aliphatic rings. The van der Waals surface area contributed by atoms with Gasteiger partial charge in [-0.2, -0.15) is 0 Å². The van der Waals surface area contributed by atoms with E-state index >= 15 is 0 Å². The normalized spacial score (nSPS) is 17.4. The van der Waals surface area contributed by atoms with Crippen LogP contribution in [0, 0.1) is 0 Å². The van der Waals surface area contributed by atoms with Gasteiger partial charge >= 0.3 is 0 Å². The quantitative estimate of drug-likeness (QED) is 0.487. The number of nitrogens with zero attached hydrogens (tertiary/aromatic N) is 1. The fourth-order valence-electron chi connectivity index (χ4n) is 0.647. The van der Waals surface area contributed by atoms with Crippen molar-refractivity contribution in [3.63, 3.8) is 0 Å². The van der Waals surface area contributed by atoms with Gasteiger partial charge in [0.25, 0.3) is 0 Å². The van der Waals surface area contributed by atoms with E-state index < -0.39 is 6.41 Å². The minimum Gasteiger partial charge on any atom is -0.351 e. The van der Waals surface area contributed by atoms with E-state index in [1.54, 1.807) is 12.4 Å². The van der Waals surface area contributed by atoms with Crippen LogP contribution in [0.3, 0.4) is 0 Å². The van der Waals surface area contributed by atoms with E-state index in [2.05, 4.69) is 0 Å². The van der Waals surface area contributed by atoms with E-state index in [0.717, 1.165) is 6.42 Å². The summed E-state index contributed by atoms with van der Waals surface area (Å²) in [4.78, 5) is 1.31. The number of rotatable bonds is 1. The van der Waals surface area contributed by atoms with E-state index in [9.17, 15) is 0 Å². The first-order chi connectivity index (χ1) is 4.30. The van der Waals surface area contributed by atoms with Gasteiger partial charge in [-0.15, -0.1) is 0 Å². The molecule has 0 aliphatic carbocycles. The second-order valence-electron chi connectivity index (χ2n) is 1.80. The van der Waals surface area contributed by atoms with Crippen LogP contribution in [0.15, 0.2) is 24.6 Å². The van der Waals surface area contributed by atoms with Gasteiger partial charge in [-0.3, -0.25) is 0 Å². The molecule has 50 valence electrons. The lowest BCUT2D eigenvalue weighted by atomic mass is 10.3. The first kappa shape index (κ1) is 6.32. The molecule has 0 atom stereocenters. The van der Waals surface area contributed by atoms with Crippen molar-refractivity contribution in [2.75, 3.05) is 0 Å². The molecule has 0 unspecified atom stereocenters. The number of aliphatic hydroxyl groups is 2. The third kappa shape index (κ3) is 1.55. The Morgan fingerprint density at radius 1 is 1.22 bits per heavy atom. The molecule has 9 heavy (non-hydrogen) atoms. The van der Waals surface area contributed by atoms with Crippen molar-refractivity contribution in [2.24, 2.45) is 0 Å². The van der Waals surface area contributed by atoms with Crippen molar-refractivity contribution < 1.29 is 10.2 Å². The zero-order chi connectivity index (χ0) is 6.69. The maximum atomic E-state index is 8.56. The summed E-state index contributed by atoms with van der Waals surface area (Å²) in [5.74, 6) is 0. The topological polar surface area (TPSA) is 43.7 Å². The molecule has 0 radical (unpaired) electrons. The van der Waals surface area contributed by atoms with Crippen LogP contribution in [0.4, 0.5) is 0 Å². The van der Waals surface area contributed by atoms with E-state index in [1.165, 1.54) is 4.90 Å². The third-order valence-electron chi connectivity index (χ3n) is 1.09. The molecule has 0 bridgehead atoms. The number of hydrogen-bond acceptors (Lipinski definition) is 3. The van der Waals surface area contributed by atoms with Gasteiger partial charge in [0.05, 0.1) is 0 Å². The van der Waals surface area contributed by atoms with Crippen molar-refractivity contribution in [3.05, 3.63) is 24.6 Å². The Kier molecular flexibility index (Phi) is 1.87. The van der Waals surface area contributed by atoms with Gasteiger partial charge in [0.2, 0.25) is 6.41 Å². The molecular formula is C6H9NO2. The minimum absolute atomic E-state index is 0.864. The summed E-state index contributed by atoms with van der Waals surface area (Å²) in [5.41, 5.74) is 0. The van der Waals surface area contributed by atoms with Crippen LogP contribution in [0.25, 0.3) is 0 Å². The van der Waals surface area contributed by atoms with Crippen LogP contribution in [-0.4, -0.2) is 21.5 Å². The van der Waals surface area contributed by atoms with Gasteiger partial charge in [0.1, 0.15) is 0 Å². The predicted octanol–water partition coefficient (Wildman–Crippen LogP) is -0.0123. The van der Waals surface area contributed by atoms with Gasteiger partial charge < -0.3 is 15.1 Å². The van der Waals surface area contributed by atoms with Gasteiger partial charge in [-0.25, -0.2) is 0 Å². The molecule has 0 fully saturated rings. The Labute approximate surface area is 53.5 Å². The van der Waals surface area contributed by atoms with Gasteiger partial charge in [0, 0.05) is 12.4 Å². The Morgan fingerprint density at radius 2 is 1.78 bits per heavy atom. The summed E-state index contributed by atoms with van der Waals surface area (Å²) in [5, 5.41) is 17.1. The molecule has 0 amide bonds. The third-order valence-corrected chi connectivity index (χ3v) is 1.09. The average molecular weight is 127 g/mol. The average Bonchev–Trinajstić information content (AvgIpc) is 1.90. The predicted molar refractivity (Wildman–Crippen MR) is 33.0 cm³/mol. The van der Waals surface area contributed by atoms with Crippen LogP contribution >= 0.6 is 0 Å². The smallest absolute Gasteiger partial charge is 0.238 e. The standard InChI is InChI=1S/C6H9NO2/c8-6(9)7-4-2-1-3-5-7/h2-6,8-9H,1H2. The molecular weight excluding hydrogens is 118 g/mol. The van der Waals surface area contributed by atoms with Crippen molar-refractivity contribution in [2.45, 2.75) is 12.8 Å². The lowest BCUT2D eigenvalue weighted by molar-refractivity contribution is -0.117. The highest BCUT2D eigenvalue weighted by Gasteiger charge is 2.03. The maximum Gasteiger partial charge on any atom is 0.238 e. The summed E-state index contributed by atoms with van der Waals surface area (Å²) in [6.07, 6.45) is 6.41. The molecule has 1 heterocycles. The number of allylic oxidation sites excluding steroid dienone is 2. The second-order valence-corrected chi connectivity index (χ2v) is 1.80. The molecule has 0 spiro atoms. The zero-order valence-electron chi connectivity index (χ0n) is 4.94. The fraction of sp³-hybridized carbons (Fsp3) is 0.333. The van der Waals surface area contributed by atoms with E-state index in [1.807, 2.05) is 12.2 Å². The van der Waals surface area contributed by atoms with E-state index in [4.69, 9.17) is 10.2 Å². The summed E-state index contributed by atoms with van der Waals surface area (Å²) in [7, 11) is 0. The lowest BCUT2D eigenvalue weighted by Crippen LogP contribution is -2.25. The summed E-state index contributed by atoms with van der Waals surface area (Å²) < 4.78 is 0. The molecule has 0 aromatic carbocycles. The Bertz CT molecular complexity index is 128. The maximum absolute atomic E-state index is 8.56. The molecule has 0 aromatic rings. The SMILES string of the molecule is OC(O)N1C=CCC=C1. The molecule has 0 saturated heterocycles. The molecule has 3 heteroatoms. The van der Waals surface area contributed by atoms with E-state index in [-0.39, 0.29) is 0 Å². The minimum atomic E-state index is -1.40. The first-order valence-corrected chi connectivity index (χ1v) is 2.77. The lowest BCUT2D eigenvalue weighted by Gasteiger charge is -2.18. The second kappa shape index (κ2) is 2.66. The van der Waals surface area contributed by atoms with Crippen LogP contribution in [0.5, 0.6) is 0 Å². The number of aliphatic hydroxyl groups excluding tert-OH is 1. The van der Waals surface area contributed by atoms with Crippen molar-refractivity contribution in [3.8, 4) is 0 Å². The summed E-state index contributed by atoms with van der Waals surface area (Å²) in [6.45, 7) is 0. The van der Waals surface area contributed by atoms with Gasteiger partial charge in [-0.1, -0.05) is 12.2 Å². The molecule has 3 nitrogen and oxygen atoms in total. The van der Waals surface area contributed by atoms with Crippen molar-refractivity contribution >= 4 is 0 Å². The van der Waals surface area contributed by atoms with E-state index in [0.29, 0.717) is 0 Å². The molecule has 0 aromatic heterocycles. The van der Waals surface area contributed by atoms with Crippen molar-refractivity contribution in [1.82, 2.24) is 4.90 Å². The van der Waals surface area contributed by atoms with Crippen LogP contribution in [0.2, 0.25) is 0 Å². The molecule has 1 aliphatic heterocycles. The van der Waals surface area contributed by atoms with Crippen LogP contribution in [-0.2, 0) is 0 Å². The molecule has 1 rings (SSSR count). The number of hydrogen-bond donors (Lipinski definition) is 2. The monoisotopic (exact) mass is 127 g/mol. The Morgan fingerprint density at radius 3 is 2.11 bits per heavy atom. The molecule has 0 saturated carbocycles. The Balaban J connectivity index is 2.49. The molecule has 2 N–H and O–H groups in total. The summed E-state index contributed by atoms with van der Waals surface area (Å²) >= 11 is 0. The zero-order valence-corrected chi connectivity index (χ0v) is 4.94. The van der Waals surface area contributed by atoms with Crippen LogP contribution < -0.4 is 0 Å². The summed E-state index contributed by atoms with van der Waals surface area (Å²) in [6, 6.07) is 0. The van der Waals surface area contributed by atoms with Crippen molar-refractivity contribution in [1.29, 1.82) is 0 Å². The highest BCUT2D eigenvalue weighted by molar-refractivity contribution is 5.01. The highest BCUT2D eigenvalue weighted by atomic mass is 16.5. The van der Waals surface area contributed by atoms with Gasteiger partial charge in [-0.05, 0) is 6.42 Å². The largest absolute Gasteiger partial charge is 0.351 e. The fourth-order valence-corrected chi connectivity index (χ4v) is 0.647. The first-order valence-electron chi connectivity index (χ1n) is 2.77. The van der Waals surface area contributed by atoms with Crippen LogP contribution in [0.1, 0.15) is 6.42 Å². The van der Waals surface area contributed by atoms with Gasteiger partial charge in [0.15, 0.2) is 0 Å². The highest BCUT2D eigenvalue weighted by Crippen LogP contribution is 2.03.